The molecule has 0 saturated carbocycles. The zero-order valence-electron chi connectivity index (χ0n) is 8.81. The molecule has 2 heteroatoms. The van der Waals surface area contributed by atoms with Gasteiger partial charge in [-0.1, -0.05) is 39.0 Å². The summed E-state index contributed by atoms with van der Waals surface area (Å²) in [6, 6.07) is 0. The van der Waals surface area contributed by atoms with Crippen LogP contribution in [0.15, 0.2) is 0 Å². The Kier molecular flexibility index (Phi) is 7.10. The van der Waals surface area contributed by atoms with Crippen molar-refractivity contribution < 1.29 is 6.22 Å². The van der Waals surface area contributed by atoms with Gasteiger partial charge >= 0.3 is 0 Å². The maximum absolute atomic E-state index is 11.1. The van der Waals surface area contributed by atoms with Gasteiger partial charge in [0, 0.05) is 13.8 Å². The van der Waals surface area contributed by atoms with Crippen molar-refractivity contribution in [1.82, 2.24) is 5.32 Å². The molecule has 0 aliphatic rings. The quantitative estimate of drug-likeness (QED) is 0.665. The van der Waals surface area contributed by atoms with Crippen LogP contribution in [0.5, 0.6) is 0 Å². The summed E-state index contributed by atoms with van der Waals surface area (Å²) in [5.41, 5.74) is 0. The first-order valence-electron chi connectivity index (χ1n) is 4.92. The Morgan fingerprint density at radius 2 is 2.23 bits per heavy atom. The van der Waals surface area contributed by atoms with Gasteiger partial charge in [-0.25, -0.2) is 0 Å². The molecular formula is C11H21NO. The van der Waals surface area contributed by atoms with E-state index < -0.39 is 0 Å². The lowest BCUT2D eigenvalue weighted by atomic mass is 10.2. The second kappa shape index (κ2) is 7.67. The summed E-state index contributed by atoms with van der Waals surface area (Å²) in [7, 11) is 0. The van der Waals surface area contributed by atoms with Gasteiger partial charge in [0.05, 0.1) is 6.54 Å². The van der Waals surface area contributed by atoms with E-state index in [2.05, 4.69) is 24.1 Å². The highest BCUT2D eigenvalue weighted by atomic mass is 16.1. The molecule has 0 aromatic heterocycles. The van der Waals surface area contributed by atoms with E-state index in [1.807, 2.05) is 13.8 Å². The van der Waals surface area contributed by atoms with Crippen LogP contribution in [0.25, 0.3) is 0 Å². The van der Waals surface area contributed by atoms with E-state index in [9.17, 15) is 4.79 Å². The topological polar surface area (TPSA) is 29.1 Å². The van der Waals surface area contributed by atoms with Crippen LogP contribution < -0.4 is 5.32 Å². The van der Waals surface area contributed by atoms with Crippen molar-refractivity contribution in [2.75, 3.05) is 6.54 Å². The molecule has 1 amide bonds. The molecule has 0 atom stereocenters. The normalized spacial score (nSPS) is 9.23. The van der Waals surface area contributed by atoms with E-state index in [4.69, 9.17) is 0 Å². The predicted octanol–water partition coefficient (Wildman–Crippen LogP) is 2.20. The number of rotatable bonds is 4. The number of hydrogen-bond donors (Lipinski definition) is 1. The summed E-state index contributed by atoms with van der Waals surface area (Å²) in [6.45, 7) is 6.63. The summed E-state index contributed by atoms with van der Waals surface area (Å²) in [4.78, 5) is 11.1. The molecule has 0 aliphatic carbocycles. The van der Waals surface area contributed by atoms with E-state index in [0.29, 0.717) is 18.9 Å². The third-order valence-corrected chi connectivity index (χ3v) is 1.52. The Bertz CT molecular complexity index is 203. The largest absolute Gasteiger partial charge is 0.345 e. The Labute approximate surface area is 82.6 Å². The molecule has 0 rings (SSSR count). The highest BCUT2D eigenvalue weighted by Gasteiger charge is 1.96. The van der Waals surface area contributed by atoms with Gasteiger partial charge in [-0.3, -0.25) is 4.79 Å². The van der Waals surface area contributed by atoms with Gasteiger partial charge in [0.2, 0.25) is 5.91 Å². The molecule has 0 bridgehead atoms. The molecule has 76 valence electrons. The van der Waals surface area contributed by atoms with E-state index >= 15 is 0 Å². The maximum Gasteiger partial charge on any atom is 0.220 e. The molecule has 0 aromatic rings. The van der Waals surface area contributed by atoms with E-state index in [1.54, 1.807) is 0 Å². The van der Waals surface area contributed by atoms with Crippen molar-refractivity contribution in [3.8, 4) is 11.8 Å². The molecule has 0 fully saturated rings. The summed E-state index contributed by atoms with van der Waals surface area (Å²) in [5, 5.41) is 2.76. The first kappa shape index (κ1) is 12.0. The lowest BCUT2D eigenvalue weighted by Crippen LogP contribution is -2.23. The smallest absolute Gasteiger partial charge is 0.220 e. The molecule has 0 spiro atoms. The van der Waals surface area contributed by atoms with Crippen LogP contribution in [0.2, 0.25) is 0 Å². The van der Waals surface area contributed by atoms with E-state index in [1.165, 1.54) is 0 Å². The van der Waals surface area contributed by atoms with Crippen LogP contribution >= 0.6 is 0 Å². The molecule has 0 aliphatic heterocycles. The Morgan fingerprint density at radius 1 is 1.54 bits per heavy atom. The van der Waals surface area contributed by atoms with Gasteiger partial charge in [0.15, 0.2) is 0 Å². The highest BCUT2D eigenvalue weighted by molar-refractivity contribution is 5.76. The zero-order valence-corrected chi connectivity index (χ0v) is 8.81. The fraction of sp³-hybridized carbons (Fsp3) is 0.727. The first-order chi connectivity index (χ1) is 6.16. The summed E-state index contributed by atoms with van der Waals surface area (Å²) < 4.78 is 0. The Morgan fingerprint density at radius 3 is 2.77 bits per heavy atom. The fourth-order valence-electron chi connectivity index (χ4n) is 0.824. The lowest BCUT2D eigenvalue weighted by molar-refractivity contribution is -0.120. The molecule has 2 nitrogen and oxygen atoms in total. The van der Waals surface area contributed by atoms with Gasteiger partial charge in [-0.2, -0.15) is 0 Å². The minimum atomic E-state index is 0. The SMILES string of the molecule is CCCCC(=O)NCC#CC(C)C.[HH]. The average molecular weight is 183 g/mol. The van der Waals surface area contributed by atoms with Gasteiger partial charge in [0.25, 0.3) is 0 Å². The zero-order chi connectivity index (χ0) is 10.1. The third kappa shape index (κ3) is 8.94. The van der Waals surface area contributed by atoms with Crippen LogP contribution in [0.3, 0.4) is 0 Å². The van der Waals surface area contributed by atoms with Gasteiger partial charge in [-0.05, 0) is 6.42 Å². The van der Waals surface area contributed by atoms with Crippen LogP contribution in [-0.2, 0) is 4.79 Å². The molecule has 0 saturated heterocycles. The van der Waals surface area contributed by atoms with Gasteiger partial charge in [0.1, 0.15) is 0 Å². The highest BCUT2D eigenvalue weighted by Crippen LogP contribution is 1.92. The molecule has 1 N–H and O–H groups in total. The van der Waals surface area contributed by atoms with E-state index in [0.717, 1.165) is 12.8 Å². The number of carbonyl (C=O) groups is 1. The van der Waals surface area contributed by atoms with Crippen molar-refractivity contribution >= 4 is 5.91 Å². The number of unbranched alkanes of at least 4 members (excludes halogenated alkanes) is 1. The third-order valence-electron chi connectivity index (χ3n) is 1.52. The molecule has 0 unspecified atom stereocenters. The molecule has 0 heterocycles. The van der Waals surface area contributed by atoms with Gasteiger partial charge in [-0.15, -0.1) is 0 Å². The predicted molar refractivity (Wildman–Crippen MR) is 57.3 cm³/mol. The standard InChI is InChI=1S/C11H19NO.H2/c1-4-5-8-11(13)12-9-6-7-10(2)3;/h10H,4-5,8-9H2,1-3H3,(H,12,13);1H. The summed E-state index contributed by atoms with van der Waals surface area (Å²) in [5.74, 6) is 6.40. The van der Waals surface area contributed by atoms with Crippen molar-refractivity contribution in [1.29, 1.82) is 0 Å². The maximum atomic E-state index is 11.1. The molecule has 0 radical (unpaired) electrons. The number of carbonyl (C=O) groups excluding carboxylic acids is 1. The number of amides is 1. The van der Waals surface area contributed by atoms with Crippen molar-refractivity contribution in [3.05, 3.63) is 0 Å². The second-order valence-corrected chi connectivity index (χ2v) is 3.36. The van der Waals surface area contributed by atoms with E-state index in [-0.39, 0.29) is 7.33 Å². The van der Waals surface area contributed by atoms with Crippen LogP contribution in [0, 0.1) is 17.8 Å². The van der Waals surface area contributed by atoms with Crippen LogP contribution in [0.4, 0.5) is 0 Å². The van der Waals surface area contributed by atoms with Crippen molar-refractivity contribution in [3.63, 3.8) is 0 Å². The first-order valence-corrected chi connectivity index (χ1v) is 4.92. The second-order valence-electron chi connectivity index (χ2n) is 3.36. The molecule has 13 heavy (non-hydrogen) atoms. The molecule has 0 aromatic carbocycles. The number of nitrogens with one attached hydrogen (secondary N) is 1. The minimum Gasteiger partial charge on any atom is -0.345 e. The fourth-order valence-corrected chi connectivity index (χ4v) is 0.824. The Balaban J connectivity index is 0. The Hall–Kier alpha value is -0.970. The number of hydrogen-bond acceptors (Lipinski definition) is 1. The monoisotopic (exact) mass is 183 g/mol. The minimum absolute atomic E-state index is 0. The summed E-state index contributed by atoms with van der Waals surface area (Å²) in [6.07, 6.45) is 2.65. The molecular weight excluding hydrogens is 162 g/mol. The van der Waals surface area contributed by atoms with Crippen molar-refractivity contribution in [2.45, 2.75) is 40.0 Å². The summed E-state index contributed by atoms with van der Waals surface area (Å²) >= 11 is 0. The van der Waals surface area contributed by atoms with Crippen molar-refractivity contribution in [2.24, 2.45) is 5.92 Å². The lowest BCUT2D eigenvalue weighted by Gasteiger charge is -1.98. The van der Waals surface area contributed by atoms with Gasteiger partial charge < -0.3 is 5.32 Å². The average Bonchev–Trinajstić information content (AvgIpc) is 2.08. The van der Waals surface area contributed by atoms with Crippen LogP contribution in [0.1, 0.15) is 41.5 Å². The van der Waals surface area contributed by atoms with Crippen LogP contribution in [-0.4, -0.2) is 12.5 Å².